The summed E-state index contributed by atoms with van der Waals surface area (Å²) < 4.78 is 0. The van der Waals surface area contributed by atoms with Gasteiger partial charge in [0.15, 0.2) is 0 Å². The molecule has 4 N–H and O–H groups in total. The molecule has 1 aromatic carbocycles. The topological polar surface area (TPSA) is 101 Å². The van der Waals surface area contributed by atoms with Gasteiger partial charge in [0.25, 0.3) is 0 Å². The molecule has 1 aromatic rings. The third-order valence-electron chi connectivity index (χ3n) is 4.88. The van der Waals surface area contributed by atoms with E-state index < -0.39 is 7.12 Å². The minimum atomic E-state index is -1.17. The second-order valence-corrected chi connectivity index (χ2v) is 7.21. The number of hydrogen-bond acceptors (Lipinski definition) is 5. The van der Waals surface area contributed by atoms with Crippen LogP contribution in [0.4, 0.5) is 0 Å². The molecule has 0 amide bonds. The SMILES string of the molecule is NC(CCCCB(O)O)C1CC(CCc2ccc(Cl)cc2)C1.O=C=O. The molecular formula is C18H27BClNO4. The highest BCUT2D eigenvalue weighted by Crippen LogP contribution is 2.39. The molecule has 1 aliphatic carbocycles. The van der Waals surface area contributed by atoms with Crippen molar-refractivity contribution in [1.82, 2.24) is 0 Å². The quantitative estimate of drug-likeness (QED) is 0.460. The average molecular weight is 368 g/mol. The second-order valence-electron chi connectivity index (χ2n) is 6.77. The first-order chi connectivity index (χ1) is 12.0. The first-order valence-corrected chi connectivity index (χ1v) is 9.19. The largest absolute Gasteiger partial charge is 0.451 e. The maximum atomic E-state index is 8.80. The Balaban J connectivity index is 0.000000970. The molecule has 1 unspecified atom stereocenters. The number of aryl methyl sites for hydroxylation is 1. The smallest absolute Gasteiger partial charge is 0.427 e. The lowest BCUT2D eigenvalue weighted by Gasteiger charge is -2.39. The van der Waals surface area contributed by atoms with Crippen molar-refractivity contribution in [3.8, 4) is 0 Å². The van der Waals surface area contributed by atoms with E-state index in [4.69, 9.17) is 37.0 Å². The van der Waals surface area contributed by atoms with Gasteiger partial charge in [-0.2, -0.15) is 9.59 Å². The third kappa shape index (κ3) is 9.19. The summed E-state index contributed by atoms with van der Waals surface area (Å²) in [5.41, 5.74) is 7.60. The second kappa shape index (κ2) is 12.2. The molecule has 1 atom stereocenters. The number of carbonyl (C=O) groups excluding carboxylic acids is 2. The van der Waals surface area contributed by atoms with Crippen molar-refractivity contribution in [2.45, 2.75) is 57.3 Å². The molecule has 7 heteroatoms. The van der Waals surface area contributed by atoms with Gasteiger partial charge in [-0.3, -0.25) is 0 Å². The Bertz CT molecular complexity index is 514. The molecule has 0 saturated heterocycles. The van der Waals surface area contributed by atoms with Gasteiger partial charge >= 0.3 is 13.3 Å². The summed E-state index contributed by atoms with van der Waals surface area (Å²) in [5, 5.41) is 18.4. The zero-order valence-corrected chi connectivity index (χ0v) is 15.2. The molecule has 1 aliphatic rings. The van der Waals surface area contributed by atoms with Gasteiger partial charge in [-0.15, -0.1) is 0 Å². The van der Waals surface area contributed by atoms with Crippen molar-refractivity contribution in [3.05, 3.63) is 34.9 Å². The van der Waals surface area contributed by atoms with Crippen LogP contribution in [-0.2, 0) is 16.0 Å². The van der Waals surface area contributed by atoms with Crippen LogP contribution in [-0.4, -0.2) is 29.4 Å². The lowest BCUT2D eigenvalue weighted by atomic mass is 9.68. The Morgan fingerprint density at radius 2 is 1.80 bits per heavy atom. The maximum Gasteiger partial charge on any atom is 0.451 e. The van der Waals surface area contributed by atoms with Gasteiger partial charge in [-0.25, -0.2) is 0 Å². The fourth-order valence-corrected chi connectivity index (χ4v) is 3.46. The van der Waals surface area contributed by atoms with Crippen LogP contribution in [0.1, 0.15) is 44.1 Å². The summed E-state index contributed by atoms with van der Waals surface area (Å²) in [5.74, 6) is 1.47. The molecule has 138 valence electrons. The molecule has 0 aromatic heterocycles. The highest BCUT2D eigenvalue weighted by atomic mass is 35.5. The Hall–Kier alpha value is -1.17. The third-order valence-corrected chi connectivity index (χ3v) is 5.13. The predicted octanol–water partition coefficient (Wildman–Crippen LogP) is 2.69. The fourth-order valence-electron chi connectivity index (χ4n) is 3.34. The number of halogens is 1. The number of unbranched alkanes of at least 4 members (excludes halogenated alkanes) is 1. The Morgan fingerprint density at radius 1 is 1.20 bits per heavy atom. The minimum absolute atomic E-state index is 0.250. The van der Waals surface area contributed by atoms with Crippen LogP contribution in [0.5, 0.6) is 0 Å². The highest BCUT2D eigenvalue weighted by Gasteiger charge is 2.32. The van der Waals surface area contributed by atoms with E-state index in [-0.39, 0.29) is 12.2 Å². The van der Waals surface area contributed by atoms with Gasteiger partial charge in [-0.05, 0) is 68.0 Å². The fraction of sp³-hybridized carbons (Fsp3) is 0.611. The van der Waals surface area contributed by atoms with Crippen LogP contribution in [0.25, 0.3) is 0 Å². The van der Waals surface area contributed by atoms with Gasteiger partial charge in [0.1, 0.15) is 0 Å². The van der Waals surface area contributed by atoms with Crippen molar-refractivity contribution in [2.24, 2.45) is 17.6 Å². The van der Waals surface area contributed by atoms with E-state index in [1.807, 2.05) is 12.1 Å². The lowest BCUT2D eigenvalue weighted by Crippen LogP contribution is -2.39. The van der Waals surface area contributed by atoms with E-state index in [2.05, 4.69) is 12.1 Å². The van der Waals surface area contributed by atoms with Gasteiger partial charge in [0.05, 0.1) is 0 Å². The summed E-state index contributed by atoms with van der Waals surface area (Å²) in [6.45, 7) is 0. The number of rotatable bonds is 9. The van der Waals surface area contributed by atoms with Crippen LogP contribution < -0.4 is 5.73 Å². The van der Waals surface area contributed by atoms with E-state index in [0.717, 1.165) is 36.6 Å². The standard InChI is InChI=1S/C17H27BClNO2.CO2/c19-16-8-6-13(7-9-16)4-5-14-11-15(12-14)17(20)3-1-2-10-18(21)22;2-1-3/h6-9,14-15,17,21-22H,1-5,10-12,20H2;. The summed E-state index contributed by atoms with van der Waals surface area (Å²) in [7, 11) is -1.17. The van der Waals surface area contributed by atoms with Crippen LogP contribution >= 0.6 is 11.6 Å². The Morgan fingerprint density at radius 3 is 2.36 bits per heavy atom. The number of benzene rings is 1. The van der Waals surface area contributed by atoms with Gasteiger partial charge in [0.2, 0.25) is 0 Å². The Kier molecular flexibility index (Phi) is 10.7. The van der Waals surface area contributed by atoms with E-state index in [1.165, 1.54) is 24.8 Å². The molecule has 5 nitrogen and oxygen atoms in total. The van der Waals surface area contributed by atoms with Crippen LogP contribution in [0.15, 0.2) is 24.3 Å². The average Bonchev–Trinajstić information content (AvgIpc) is 2.52. The molecule has 2 rings (SSSR count). The Labute approximate surface area is 154 Å². The first kappa shape index (κ1) is 21.9. The minimum Gasteiger partial charge on any atom is -0.427 e. The van der Waals surface area contributed by atoms with Gasteiger partial charge in [0, 0.05) is 11.1 Å². The van der Waals surface area contributed by atoms with Crippen molar-refractivity contribution in [2.75, 3.05) is 0 Å². The molecule has 0 heterocycles. The van der Waals surface area contributed by atoms with Crippen molar-refractivity contribution >= 4 is 24.9 Å². The normalized spacial score (nSPS) is 19.8. The van der Waals surface area contributed by atoms with E-state index >= 15 is 0 Å². The first-order valence-electron chi connectivity index (χ1n) is 8.81. The zero-order chi connectivity index (χ0) is 18.7. The van der Waals surface area contributed by atoms with Gasteiger partial charge < -0.3 is 15.8 Å². The van der Waals surface area contributed by atoms with E-state index in [1.54, 1.807) is 0 Å². The maximum absolute atomic E-state index is 8.80. The molecular weight excluding hydrogens is 340 g/mol. The summed E-state index contributed by atoms with van der Waals surface area (Å²) in [6, 6.07) is 8.42. The number of nitrogens with two attached hydrogens (primary N) is 1. The summed E-state index contributed by atoms with van der Waals surface area (Å²) >= 11 is 5.89. The van der Waals surface area contributed by atoms with Crippen LogP contribution in [0, 0.1) is 11.8 Å². The van der Waals surface area contributed by atoms with Gasteiger partial charge in [-0.1, -0.05) is 36.6 Å². The monoisotopic (exact) mass is 367 g/mol. The number of hydrogen-bond donors (Lipinski definition) is 3. The molecule has 0 aliphatic heterocycles. The zero-order valence-electron chi connectivity index (χ0n) is 14.4. The van der Waals surface area contributed by atoms with Crippen molar-refractivity contribution in [1.29, 1.82) is 0 Å². The molecule has 25 heavy (non-hydrogen) atoms. The summed E-state index contributed by atoms with van der Waals surface area (Å²) in [6.07, 6.45) is 8.40. The molecule has 1 fully saturated rings. The van der Waals surface area contributed by atoms with Crippen molar-refractivity contribution in [3.63, 3.8) is 0 Å². The van der Waals surface area contributed by atoms with Crippen LogP contribution in [0.3, 0.4) is 0 Å². The van der Waals surface area contributed by atoms with Crippen LogP contribution in [0.2, 0.25) is 11.3 Å². The summed E-state index contributed by atoms with van der Waals surface area (Å²) in [4.78, 5) is 16.2. The molecule has 1 saturated carbocycles. The van der Waals surface area contributed by atoms with E-state index in [0.29, 0.717) is 12.2 Å². The lowest BCUT2D eigenvalue weighted by molar-refractivity contribution is -0.191. The predicted molar refractivity (Wildman–Crippen MR) is 97.8 cm³/mol. The van der Waals surface area contributed by atoms with Crippen molar-refractivity contribution < 1.29 is 19.6 Å². The van der Waals surface area contributed by atoms with E-state index in [9.17, 15) is 0 Å². The molecule has 0 spiro atoms. The molecule has 0 radical (unpaired) electrons. The highest BCUT2D eigenvalue weighted by molar-refractivity contribution is 6.40. The molecule has 0 bridgehead atoms.